The zero-order valence-electron chi connectivity index (χ0n) is 55.3. The number of rotatable bonds is 10. The van der Waals surface area contributed by atoms with Crippen LogP contribution in [0.5, 0.6) is 0 Å². The molecule has 91 heavy (non-hydrogen) atoms. The van der Waals surface area contributed by atoms with E-state index in [4.69, 9.17) is 0 Å². The van der Waals surface area contributed by atoms with E-state index in [1.165, 1.54) is 262 Å². The van der Waals surface area contributed by atoms with Crippen LogP contribution >= 0.6 is 0 Å². The van der Waals surface area contributed by atoms with Crippen molar-refractivity contribution < 1.29 is 0 Å². The van der Waals surface area contributed by atoms with Crippen LogP contribution in [0.25, 0.3) is 43.8 Å². The Morgan fingerprint density at radius 1 is 0.275 bits per heavy atom. The van der Waals surface area contributed by atoms with Gasteiger partial charge in [-0.25, -0.2) is 0 Å². The molecule has 2 heteroatoms. The summed E-state index contributed by atoms with van der Waals surface area (Å²) in [6.07, 6.45) is 26.6. The smallest absolute Gasteiger partial charge is 0.0737 e. The van der Waals surface area contributed by atoms with Crippen LogP contribution < -0.4 is 9.80 Å². The first-order valence-electron chi connectivity index (χ1n) is 35.8. The standard InChI is InChI=1S/C89H94N2/c1-87(2,3)69-37-53-83-81(57-69)82-58-70(88(4,5)6)38-54-84(82)89(83)85-77-51-47-75(90(71-39-27-63(28-40-71)59-19-11-7-12-20-59)72-41-29-64(30-42-72)60-21-13-8-14-22-60)55-67(77)35-49-79(85)80-50-36-68-56-76(48-52-78(68)86(80)89)91(73-43-31-65(32-44-73)61-23-15-9-16-24-61)74-45-33-66(34-46-74)62-25-17-10-18-26-62/h27-62H,7-26H2,1-6H3. The molecule has 1 spiro atoms. The SMILES string of the molecule is CC(C)(C)c1ccc2c(c1)-c1cc(C(C)(C)C)ccc1C21c2c(ccc3cc(N(c4ccc(C5CCCCC5)cc4)c4ccc(C5CCCCC5)cc4)ccc23)-c2ccc3cc(N(c4ccc(C5CCCCC5)cc4)c4ccc(C5CCCCC5)cc4)ccc3c21. The lowest BCUT2D eigenvalue weighted by molar-refractivity contribution is 0.443. The van der Waals surface area contributed by atoms with Crippen molar-refractivity contribution in [3.63, 3.8) is 0 Å². The summed E-state index contributed by atoms with van der Waals surface area (Å²) in [4.78, 5) is 5.08. The highest BCUT2D eigenvalue weighted by Crippen LogP contribution is 2.66. The summed E-state index contributed by atoms with van der Waals surface area (Å²) in [7, 11) is 0. The summed E-state index contributed by atoms with van der Waals surface area (Å²) in [5.41, 5.74) is 26.4. The summed E-state index contributed by atoms with van der Waals surface area (Å²) in [6, 6.07) is 79.0. The van der Waals surface area contributed by atoms with Crippen molar-refractivity contribution in [2.45, 2.75) is 210 Å². The van der Waals surface area contributed by atoms with E-state index >= 15 is 0 Å². The van der Waals surface area contributed by atoms with Gasteiger partial charge in [0.15, 0.2) is 0 Å². The first kappa shape index (κ1) is 58.4. The number of fused-ring (bicyclic) bond motifs is 14. The van der Waals surface area contributed by atoms with Crippen LogP contribution in [0.1, 0.15) is 249 Å². The summed E-state index contributed by atoms with van der Waals surface area (Å²) in [6.45, 7) is 14.3. The number of benzene rings is 10. The van der Waals surface area contributed by atoms with Crippen LogP contribution in [-0.2, 0) is 16.2 Å². The zero-order chi connectivity index (χ0) is 61.6. The van der Waals surface area contributed by atoms with Crippen molar-refractivity contribution in [3.05, 3.63) is 250 Å². The van der Waals surface area contributed by atoms with Crippen LogP contribution in [0.3, 0.4) is 0 Å². The van der Waals surface area contributed by atoms with Gasteiger partial charge in [0.25, 0.3) is 0 Å². The second-order valence-corrected chi connectivity index (χ2v) is 30.9. The van der Waals surface area contributed by atoms with E-state index in [0.717, 1.165) is 0 Å². The number of nitrogens with zero attached hydrogens (tertiary/aromatic N) is 2. The molecule has 6 aliphatic rings. The lowest BCUT2D eigenvalue weighted by Crippen LogP contribution is -2.27. The molecule has 0 saturated heterocycles. The molecule has 6 aliphatic carbocycles. The molecule has 0 atom stereocenters. The third kappa shape index (κ3) is 10.4. The number of anilines is 6. The molecule has 0 unspecified atom stereocenters. The fourth-order valence-corrected chi connectivity index (χ4v) is 18.3. The predicted molar refractivity (Wildman–Crippen MR) is 388 cm³/mol. The van der Waals surface area contributed by atoms with E-state index in [2.05, 4.69) is 245 Å². The fraction of sp³-hybridized carbons (Fsp3) is 0.371. The molecule has 0 aliphatic heterocycles. The largest absolute Gasteiger partial charge is 0.310 e. The monoisotopic (exact) mass is 1190 g/mol. The molecule has 0 amide bonds. The maximum Gasteiger partial charge on any atom is 0.0737 e. The van der Waals surface area contributed by atoms with Gasteiger partial charge in [0.2, 0.25) is 0 Å². The van der Waals surface area contributed by atoms with E-state index in [1.54, 1.807) is 0 Å². The second-order valence-electron chi connectivity index (χ2n) is 30.9. The molecule has 0 aromatic heterocycles. The highest BCUT2D eigenvalue weighted by molar-refractivity contribution is 6.10. The van der Waals surface area contributed by atoms with Crippen LogP contribution in [0.2, 0.25) is 0 Å². The van der Waals surface area contributed by atoms with Crippen molar-refractivity contribution in [1.29, 1.82) is 0 Å². The maximum absolute atomic E-state index is 2.58. The van der Waals surface area contributed by atoms with E-state index < -0.39 is 5.41 Å². The van der Waals surface area contributed by atoms with E-state index in [9.17, 15) is 0 Å². The molecular weight excluding hydrogens is 1100 g/mol. The Morgan fingerprint density at radius 2 is 0.560 bits per heavy atom. The topological polar surface area (TPSA) is 6.48 Å². The lowest BCUT2D eigenvalue weighted by Gasteiger charge is -2.34. The minimum atomic E-state index is -0.600. The third-order valence-corrected chi connectivity index (χ3v) is 23.3. The van der Waals surface area contributed by atoms with Gasteiger partial charge in [0, 0.05) is 34.1 Å². The lowest BCUT2D eigenvalue weighted by atomic mass is 9.68. The third-order valence-electron chi connectivity index (χ3n) is 23.3. The molecule has 10 aromatic carbocycles. The molecule has 0 heterocycles. The Balaban J connectivity index is 0.883. The van der Waals surface area contributed by atoms with Gasteiger partial charge >= 0.3 is 0 Å². The van der Waals surface area contributed by atoms with Gasteiger partial charge in [-0.3, -0.25) is 0 Å². The molecule has 4 fully saturated rings. The van der Waals surface area contributed by atoms with E-state index in [-0.39, 0.29) is 10.8 Å². The van der Waals surface area contributed by atoms with E-state index in [1.807, 2.05) is 0 Å². The molecule has 0 bridgehead atoms. The van der Waals surface area contributed by atoms with Crippen LogP contribution in [0.15, 0.2) is 194 Å². The molecule has 0 N–H and O–H groups in total. The van der Waals surface area contributed by atoms with Crippen LogP contribution in [-0.4, -0.2) is 0 Å². The minimum Gasteiger partial charge on any atom is -0.310 e. The summed E-state index contributed by atoms with van der Waals surface area (Å²) in [5.74, 6) is 2.64. The van der Waals surface area contributed by atoms with E-state index in [0.29, 0.717) is 23.7 Å². The second kappa shape index (κ2) is 23.5. The molecule has 4 saturated carbocycles. The Hall–Kier alpha value is -7.68. The summed E-state index contributed by atoms with van der Waals surface area (Å²) in [5, 5.41) is 5.18. The van der Waals surface area contributed by atoms with Gasteiger partial charge in [0.05, 0.1) is 5.41 Å². The molecule has 0 radical (unpaired) electrons. The van der Waals surface area contributed by atoms with Gasteiger partial charge < -0.3 is 9.80 Å². The summed E-state index contributed by atoms with van der Waals surface area (Å²) >= 11 is 0. The van der Waals surface area contributed by atoms with Crippen molar-refractivity contribution in [2.75, 3.05) is 9.80 Å². The maximum atomic E-state index is 2.58. The Bertz CT molecular complexity index is 3910. The highest BCUT2D eigenvalue weighted by atomic mass is 15.1. The van der Waals surface area contributed by atoms with Crippen LogP contribution in [0.4, 0.5) is 34.1 Å². The summed E-state index contributed by atoms with van der Waals surface area (Å²) < 4.78 is 0. The number of hydrogen-bond acceptors (Lipinski definition) is 2. The molecule has 10 aromatic rings. The Morgan fingerprint density at radius 3 is 0.846 bits per heavy atom. The average molecular weight is 1190 g/mol. The van der Waals surface area contributed by atoms with Crippen molar-refractivity contribution in [2.24, 2.45) is 0 Å². The Labute approximate surface area is 544 Å². The van der Waals surface area contributed by atoms with Gasteiger partial charge in [-0.2, -0.15) is 0 Å². The highest BCUT2D eigenvalue weighted by Gasteiger charge is 2.54. The van der Waals surface area contributed by atoms with Gasteiger partial charge in [-0.15, -0.1) is 0 Å². The molecule has 2 nitrogen and oxygen atoms in total. The van der Waals surface area contributed by atoms with Crippen LogP contribution in [0, 0.1) is 0 Å². The first-order chi connectivity index (χ1) is 44.4. The zero-order valence-corrected chi connectivity index (χ0v) is 55.3. The molecule has 460 valence electrons. The van der Waals surface area contributed by atoms with Crippen molar-refractivity contribution >= 4 is 55.7 Å². The quantitative estimate of drug-likeness (QED) is 0.135. The van der Waals surface area contributed by atoms with Gasteiger partial charge in [-0.05, 0) is 258 Å². The predicted octanol–water partition coefficient (Wildman–Crippen LogP) is 26.1. The number of hydrogen-bond donors (Lipinski definition) is 0. The molecule has 16 rings (SSSR count). The fourth-order valence-electron chi connectivity index (χ4n) is 18.3. The van der Waals surface area contributed by atoms with Crippen molar-refractivity contribution in [1.82, 2.24) is 0 Å². The normalized spacial score (nSPS) is 17.9. The Kier molecular flexibility index (Phi) is 15.1. The van der Waals surface area contributed by atoms with Gasteiger partial charge in [0.1, 0.15) is 0 Å². The average Bonchev–Trinajstić information content (AvgIpc) is 1.49. The minimum absolute atomic E-state index is 0.0270. The van der Waals surface area contributed by atoms with Gasteiger partial charge in [-0.1, -0.05) is 240 Å². The van der Waals surface area contributed by atoms with Crippen molar-refractivity contribution in [3.8, 4) is 22.3 Å². The molecular formula is C89H94N2. The first-order valence-corrected chi connectivity index (χ1v) is 35.8.